The highest BCUT2D eigenvalue weighted by Crippen LogP contribution is 2.21. The third-order valence-corrected chi connectivity index (χ3v) is 3.21. The van der Waals surface area contributed by atoms with Crippen LogP contribution in [0.2, 0.25) is 0 Å². The van der Waals surface area contributed by atoms with Crippen molar-refractivity contribution in [2.24, 2.45) is 0 Å². The Kier molecular flexibility index (Phi) is 4.46. The van der Waals surface area contributed by atoms with Gasteiger partial charge in [0.15, 0.2) is 0 Å². The van der Waals surface area contributed by atoms with Crippen molar-refractivity contribution in [2.45, 2.75) is 18.1 Å². The molecule has 0 saturated carbocycles. The molecule has 19 heavy (non-hydrogen) atoms. The quantitative estimate of drug-likeness (QED) is 0.740. The van der Waals surface area contributed by atoms with Gasteiger partial charge in [-0.15, -0.1) is 0 Å². The monoisotopic (exact) mass is 273 g/mol. The van der Waals surface area contributed by atoms with Crippen molar-refractivity contribution in [3.05, 3.63) is 35.4 Å². The Morgan fingerprint density at radius 2 is 2.05 bits per heavy atom. The first-order valence-corrected chi connectivity index (χ1v) is 6.15. The van der Waals surface area contributed by atoms with Gasteiger partial charge in [0.1, 0.15) is 17.2 Å². The van der Waals surface area contributed by atoms with Gasteiger partial charge < -0.3 is 20.3 Å². The van der Waals surface area contributed by atoms with Crippen LogP contribution in [0.15, 0.2) is 18.2 Å². The molecule has 0 aliphatic carbocycles. The van der Waals surface area contributed by atoms with Crippen molar-refractivity contribution in [2.75, 3.05) is 26.3 Å². The number of halogens is 2. The molecule has 3 N–H and O–H groups in total. The zero-order chi connectivity index (χ0) is 13.9. The fourth-order valence-electron chi connectivity index (χ4n) is 2.11. The van der Waals surface area contributed by atoms with Crippen LogP contribution in [0.25, 0.3) is 0 Å². The second-order valence-corrected chi connectivity index (χ2v) is 4.81. The SMILES string of the molecule is OC(CNCC1(O)CCOC1)c1c(F)cccc1F. The Labute approximate surface area is 110 Å². The van der Waals surface area contributed by atoms with E-state index in [9.17, 15) is 19.0 Å². The number of nitrogens with one attached hydrogen (secondary N) is 1. The van der Waals surface area contributed by atoms with Gasteiger partial charge in [0.2, 0.25) is 0 Å². The standard InChI is InChI=1S/C13H17F2NO3/c14-9-2-1-3-10(15)12(9)11(17)6-16-7-13(18)4-5-19-8-13/h1-3,11,16-18H,4-8H2. The molecule has 0 aromatic heterocycles. The minimum Gasteiger partial charge on any atom is -0.387 e. The van der Waals surface area contributed by atoms with Crippen molar-refractivity contribution in [3.8, 4) is 0 Å². The lowest BCUT2D eigenvalue weighted by Gasteiger charge is -2.22. The molecule has 6 heteroatoms. The number of ether oxygens (including phenoxy) is 1. The highest BCUT2D eigenvalue weighted by atomic mass is 19.1. The van der Waals surface area contributed by atoms with Crippen LogP contribution in [0, 0.1) is 11.6 Å². The average molecular weight is 273 g/mol. The van der Waals surface area contributed by atoms with Gasteiger partial charge in [-0.25, -0.2) is 8.78 Å². The molecule has 1 heterocycles. The van der Waals surface area contributed by atoms with E-state index >= 15 is 0 Å². The second kappa shape index (κ2) is 5.92. The van der Waals surface area contributed by atoms with Crippen LogP contribution < -0.4 is 5.32 Å². The van der Waals surface area contributed by atoms with Gasteiger partial charge in [-0.2, -0.15) is 0 Å². The number of rotatable bonds is 5. The van der Waals surface area contributed by atoms with Crippen molar-refractivity contribution in [1.82, 2.24) is 5.32 Å². The summed E-state index contributed by atoms with van der Waals surface area (Å²) in [6.45, 7) is 0.882. The van der Waals surface area contributed by atoms with Gasteiger partial charge >= 0.3 is 0 Å². The predicted molar refractivity (Wildman–Crippen MR) is 64.6 cm³/mol. The van der Waals surface area contributed by atoms with E-state index in [1.165, 1.54) is 6.07 Å². The molecule has 1 aliphatic heterocycles. The molecule has 2 rings (SSSR count). The second-order valence-electron chi connectivity index (χ2n) is 4.81. The Morgan fingerprint density at radius 3 is 2.63 bits per heavy atom. The van der Waals surface area contributed by atoms with Crippen molar-refractivity contribution in [3.63, 3.8) is 0 Å². The third-order valence-electron chi connectivity index (χ3n) is 3.21. The van der Waals surface area contributed by atoms with Gasteiger partial charge in [-0.05, 0) is 12.1 Å². The maximum Gasteiger partial charge on any atom is 0.131 e. The van der Waals surface area contributed by atoms with Gasteiger partial charge in [-0.1, -0.05) is 6.07 Å². The lowest BCUT2D eigenvalue weighted by molar-refractivity contribution is 0.0242. The minimum absolute atomic E-state index is 0.0415. The molecular weight excluding hydrogens is 256 g/mol. The van der Waals surface area contributed by atoms with E-state index < -0.39 is 23.3 Å². The topological polar surface area (TPSA) is 61.7 Å². The van der Waals surface area contributed by atoms with Crippen molar-refractivity contribution >= 4 is 0 Å². The molecule has 0 bridgehead atoms. The lowest BCUT2D eigenvalue weighted by atomic mass is 10.0. The van der Waals surface area contributed by atoms with E-state index in [1.807, 2.05) is 0 Å². The van der Waals surface area contributed by atoms with Crippen LogP contribution in [0.3, 0.4) is 0 Å². The molecule has 2 atom stereocenters. The van der Waals surface area contributed by atoms with Crippen LogP contribution in [-0.4, -0.2) is 42.1 Å². The Balaban J connectivity index is 1.89. The fourth-order valence-corrected chi connectivity index (χ4v) is 2.11. The molecule has 1 fully saturated rings. The first-order chi connectivity index (χ1) is 9.02. The minimum atomic E-state index is -1.30. The highest BCUT2D eigenvalue weighted by Gasteiger charge is 2.32. The van der Waals surface area contributed by atoms with Crippen LogP contribution in [0.5, 0.6) is 0 Å². The molecule has 0 radical (unpaired) electrons. The van der Waals surface area contributed by atoms with Gasteiger partial charge in [0, 0.05) is 26.1 Å². The normalized spacial score (nSPS) is 24.6. The van der Waals surface area contributed by atoms with Crippen molar-refractivity contribution < 1.29 is 23.7 Å². The van der Waals surface area contributed by atoms with E-state index in [0.717, 1.165) is 12.1 Å². The van der Waals surface area contributed by atoms with Gasteiger partial charge in [-0.3, -0.25) is 0 Å². The zero-order valence-corrected chi connectivity index (χ0v) is 10.4. The zero-order valence-electron chi connectivity index (χ0n) is 10.4. The molecule has 2 unspecified atom stereocenters. The Hall–Kier alpha value is -1.08. The largest absolute Gasteiger partial charge is 0.387 e. The number of hydrogen-bond acceptors (Lipinski definition) is 4. The molecule has 0 amide bonds. The predicted octanol–water partition coefficient (Wildman–Crippen LogP) is 0.739. The number of benzene rings is 1. The van der Waals surface area contributed by atoms with Gasteiger partial charge in [0.05, 0.1) is 18.3 Å². The summed E-state index contributed by atoms with van der Waals surface area (Å²) in [7, 11) is 0. The average Bonchev–Trinajstić information content (AvgIpc) is 2.76. The van der Waals surface area contributed by atoms with Crippen molar-refractivity contribution in [1.29, 1.82) is 0 Å². The fraction of sp³-hybridized carbons (Fsp3) is 0.538. The number of hydrogen-bond donors (Lipinski definition) is 3. The Bertz CT molecular complexity index is 416. The number of aliphatic hydroxyl groups is 2. The first-order valence-electron chi connectivity index (χ1n) is 6.15. The Morgan fingerprint density at radius 1 is 1.37 bits per heavy atom. The van der Waals surface area contributed by atoms with Crippen LogP contribution in [0.4, 0.5) is 8.78 Å². The van der Waals surface area contributed by atoms with E-state index in [4.69, 9.17) is 4.74 Å². The van der Waals surface area contributed by atoms with Gasteiger partial charge in [0.25, 0.3) is 0 Å². The van der Waals surface area contributed by atoms with E-state index in [-0.39, 0.29) is 25.3 Å². The summed E-state index contributed by atoms with van der Waals surface area (Å²) in [5.74, 6) is -1.56. The lowest BCUT2D eigenvalue weighted by Crippen LogP contribution is -2.42. The smallest absolute Gasteiger partial charge is 0.131 e. The summed E-state index contributed by atoms with van der Waals surface area (Å²) in [6.07, 6.45) is -0.795. The molecule has 1 aliphatic rings. The first kappa shape index (κ1) is 14.3. The van der Waals surface area contributed by atoms with E-state index in [1.54, 1.807) is 0 Å². The molecule has 1 aromatic rings. The summed E-state index contributed by atoms with van der Waals surface area (Å²) in [5, 5.41) is 22.6. The summed E-state index contributed by atoms with van der Waals surface area (Å²) in [4.78, 5) is 0. The molecular formula is C13H17F2NO3. The summed E-state index contributed by atoms with van der Waals surface area (Å²) in [6, 6.07) is 3.44. The molecule has 0 spiro atoms. The van der Waals surface area contributed by atoms with E-state index in [0.29, 0.717) is 13.0 Å². The van der Waals surface area contributed by atoms with Crippen LogP contribution >= 0.6 is 0 Å². The molecule has 4 nitrogen and oxygen atoms in total. The maximum atomic E-state index is 13.4. The third kappa shape index (κ3) is 3.48. The van der Waals surface area contributed by atoms with Crippen LogP contribution in [-0.2, 0) is 4.74 Å². The molecule has 106 valence electrons. The highest BCUT2D eigenvalue weighted by molar-refractivity contribution is 5.22. The number of aliphatic hydroxyl groups excluding tert-OH is 1. The van der Waals surface area contributed by atoms with Crippen LogP contribution in [0.1, 0.15) is 18.1 Å². The van der Waals surface area contributed by atoms with E-state index in [2.05, 4.69) is 5.32 Å². The maximum absolute atomic E-state index is 13.4. The summed E-state index contributed by atoms with van der Waals surface area (Å²) < 4.78 is 31.9. The summed E-state index contributed by atoms with van der Waals surface area (Å²) in [5.41, 5.74) is -1.32. The molecule has 1 aromatic carbocycles. The summed E-state index contributed by atoms with van der Waals surface area (Å²) >= 11 is 0. The molecule has 1 saturated heterocycles.